The number of amides is 1. The van der Waals surface area contributed by atoms with Crippen molar-refractivity contribution in [2.24, 2.45) is 0 Å². The Morgan fingerprint density at radius 3 is 2.17 bits per heavy atom. The average Bonchev–Trinajstić information content (AvgIpc) is 3.06. The van der Waals surface area contributed by atoms with Crippen LogP contribution >= 0.6 is 0 Å². The molecular formula is C18H22FNO4. The maximum Gasteiger partial charge on any atom is 0.335 e. The summed E-state index contributed by atoms with van der Waals surface area (Å²) in [6.07, 6.45) is 2.95. The lowest BCUT2D eigenvalue weighted by molar-refractivity contribution is -0.166. The molecule has 3 rings (SSSR count). The highest BCUT2D eigenvalue weighted by atomic mass is 19.1. The molecule has 2 fully saturated rings. The van der Waals surface area contributed by atoms with Crippen molar-refractivity contribution in [3.8, 4) is 0 Å². The first-order valence-corrected chi connectivity index (χ1v) is 8.39. The predicted octanol–water partition coefficient (Wildman–Crippen LogP) is 2.08. The molecule has 1 aliphatic carbocycles. The number of benzene rings is 1. The molecule has 1 aromatic rings. The van der Waals surface area contributed by atoms with Crippen LogP contribution in [-0.4, -0.2) is 45.7 Å². The molecule has 6 heteroatoms. The van der Waals surface area contributed by atoms with Crippen molar-refractivity contribution in [1.82, 2.24) is 4.90 Å². The molecule has 1 heterocycles. The number of nitrogens with zero attached hydrogens (tertiary/aromatic N) is 1. The second-order valence-corrected chi connectivity index (χ2v) is 6.90. The van der Waals surface area contributed by atoms with E-state index in [1.807, 2.05) is 0 Å². The van der Waals surface area contributed by atoms with Gasteiger partial charge in [-0.25, -0.2) is 9.18 Å². The number of carbonyl (C=O) groups is 2. The Morgan fingerprint density at radius 2 is 1.62 bits per heavy atom. The van der Waals surface area contributed by atoms with Crippen LogP contribution in [0.2, 0.25) is 0 Å². The fourth-order valence-corrected chi connectivity index (χ4v) is 4.02. The van der Waals surface area contributed by atoms with Gasteiger partial charge in [0.05, 0.1) is 5.41 Å². The minimum atomic E-state index is -1.77. The summed E-state index contributed by atoms with van der Waals surface area (Å²) in [6.45, 7) is 0.357. The number of hydrogen-bond acceptors (Lipinski definition) is 3. The van der Waals surface area contributed by atoms with Crippen LogP contribution in [0.15, 0.2) is 24.3 Å². The third kappa shape index (κ3) is 2.69. The van der Waals surface area contributed by atoms with Gasteiger partial charge in [-0.05, 0) is 18.9 Å². The average molecular weight is 335 g/mol. The molecule has 1 amide bonds. The molecular weight excluding hydrogens is 313 g/mol. The zero-order valence-corrected chi connectivity index (χ0v) is 13.5. The van der Waals surface area contributed by atoms with E-state index in [2.05, 4.69) is 0 Å². The Bertz CT molecular complexity index is 646. The van der Waals surface area contributed by atoms with Gasteiger partial charge in [-0.2, -0.15) is 0 Å². The molecule has 24 heavy (non-hydrogen) atoms. The summed E-state index contributed by atoms with van der Waals surface area (Å²) >= 11 is 0. The summed E-state index contributed by atoms with van der Waals surface area (Å²) in [5.74, 6) is -1.76. The van der Waals surface area contributed by atoms with Crippen LogP contribution in [0.3, 0.4) is 0 Å². The number of rotatable bonds is 3. The molecule has 1 saturated heterocycles. The maximum atomic E-state index is 14.4. The quantitative estimate of drug-likeness (QED) is 0.886. The largest absolute Gasteiger partial charge is 0.479 e. The monoisotopic (exact) mass is 335 g/mol. The van der Waals surface area contributed by atoms with Gasteiger partial charge in [-0.3, -0.25) is 4.79 Å². The summed E-state index contributed by atoms with van der Waals surface area (Å²) in [7, 11) is 0. The lowest BCUT2D eigenvalue weighted by atomic mass is 9.76. The fourth-order valence-electron chi connectivity index (χ4n) is 4.02. The SMILES string of the molecule is O=C(O)C1(O)CCN(C(=O)C2(c3ccccc3F)CCCC2)CC1. The molecule has 0 spiro atoms. The van der Waals surface area contributed by atoms with Gasteiger partial charge in [0.25, 0.3) is 0 Å². The molecule has 5 nitrogen and oxygen atoms in total. The normalized spacial score (nSPS) is 22.3. The van der Waals surface area contributed by atoms with E-state index in [1.165, 1.54) is 6.07 Å². The zero-order valence-electron chi connectivity index (χ0n) is 13.5. The van der Waals surface area contributed by atoms with Crippen molar-refractivity contribution in [3.63, 3.8) is 0 Å². The highest BCUT2D eigenvalue weighted by Crippen LogP contribution is 2.44. The molecule has 0 bridgehead atoms. The van der Waals surface area contributed by atoms with E-state index in [4.69, 9.17) is 5.11 Å². The standard InChI is InChI=1S/C18H22FNO4/c19-14-6-2-1-5-13(14)17(7-3-4-8-17)15(21)20-11-9-18(24,10-12-20)16(22)23/h1-2,5-6,24H,3-4,7-12H2,(H,22,23). The van der Waals surface area contributed by atoms with Crippen molar-refractivity contribution in [3.05, 3.63) is 35.6 Å². The number of aliphatic carboxylic acids is 1. The van der Waals surface area contributed by atoms with Gasteiger partial charge in [0.2, 0.25) is 5.91 Å². The molecule has 130 valence electrons. The van der Waals surface area contributed by atoms with E-state index in [9.17, 15) is 19.1 Å². The van der Waals surface area contributed by atoms with E-state index in [-0.39, 0.29) is 37.7 Å². The highest BCUT2D eigenvalue weighted by Gasteiger charge is 2.49. The van der Waals surface area contributed by atoms with Gasteiger partial charge < -0.3 is 15.1 Å². The Labute approximate surface area is 140 Å². The second-order valence-electron chi connectivity index (χ2n) is 6.90. The van der Waals surface area contributed by atoms with E-state index < -0.39 is 17.0 Å². The number of likely N-dealkylation sites (tertiary alicyclic amines) is 1. The van der Waals surface area contributed by atoms with E-state index in [1.54, 1.807) is 23.1 Å². The number of aliphatic hydroxyl groups is 1. The summed E-state index contributed by atoms with van der Waals surface area (Å²) in [5, 5.41) is 19.1. The smallest absolute Gasteiger partial charge is 0.335 e. The lowest BCUT2D eigenvalue weighted by Crippen LogP contribution is -2.54. The van der Waals surface area contributed by atoms with Crippen molar-refractivity contribution in [2.45, 2.75) is 49.5 Å². The Balaban J connectivity index is 1.85. The van der Waals surface area contributed by atoms with Crippen LogP contribution in [0, 0.1) is 5.82 Å². The molecule has 2 N–H and O–H groups in total. The molecule has 0 atom stereocenters. The van der Waals surface area contributed by atoms with E-state index in [0.29, 0.717) is 18.4 Å². The van der Waals surface area contributed by atoms with Crippen LogP contribution in [0.1, 0.15) is 44.1 Å². The summed E-state index contributed by atoms with van der Waals surface area (Å²) < 4.78 is 14.4. The van der Waals surface area contributed by atoms with E-state index in [0.717, 1.165) is 12.8 Å². The molecule has 1 aromatic carbocycles. The van der Waals surface area contributed by atoms with Crippen molar-refractivity contribution >= 4 is 11.9 Å². The van der Waals surface area contributed by atoms with Crippen LogP contribution in [-0.2, 0) is 15.0 Å². The Kier molecular flexibility index (Phi) is 4.34. The van der Waals surface area contributed by atoms with Gasteiger partial charge in [0, 0.05) is 31.5 Å². The number of carbonyl (C=O) groups excluding carboxylic acids is 1. The van der Waals surface area contributed by atoms with Crippen LogP contribution in [0.4, 0.5) is 4.39 Å². The minimum Gasteiger partial charge on any atom is -0.479 e. The molecule has 2 aliphatic rings. The highest BCUT2D eigenvalue weighted by molar-refractivity contribution is 5.89. The van der Waals surface area contributed by atoms with E-state index >= 15 is 0 Å². The number of halogens is 1. The minimum absolute atomic E-state index is 0.00141. The van der Waals surface area contributed by atoms with Crippen molar-refractivity contribution in [2.75, 3.05) is 13.1 Å². The topological polar surface area (TPSA) is 77.8 Å². The molecule has 1 saturated carbocycles. The lowest BCUT2D eigenvalue weighted by Gasteiger charge is -2.40. The number of hydrogen-bond donors (Lipinski definition) is 2. The van der Waals surface area contributed by atoms with Crippen molar-refractivity contribution in [1.29, 1.82) is 0 Å². The third-order valence-electron chi connectivity index (χ3n) is 5.53. The molecule has 0 aromatic heterocycles. The maximum absolute atomic E-state index is 14.4. The van der Waals surface area contributed by atoms with Crippen LogP contribution in [0.5, 0.6) is 0 Å². The van der Waals surface area contributed by atoms with Gasteiger partial charge in [0.1, 0.15) is 5.82 Å². The fraction of sp³-hybridized carbons (Fsp3) is 0.556. The number of carboxylic acid groups (broad SMARTS) is 1. The van der Waals surface area contributed by atoms with Gasteiger partial charge in [-0.1, -0.05) is 31.0 Å². The Hall–Kier alpha value is -1.95. The first-order chi connectivity index (χ1) is 11.4. The summed E-state index contributed by atoms with van der Waals surface area (Å²) in [4.78, 5) is 25.9. The Morgan fingerprint density at radius 1 is 1.04 bits per heavy atom. The summed E-state index contributed by atoms with van der Waals surface area (Å²) in [5.41, 5.74) is -2.19. The summed E-state index contributed by atoms with van der Waals surface area (Å²) in [6, 6.07) is 6.41. The number of piperidine rings is 1. The molecule has 0 unspecified atom stereocenters. The van der Waals surface area contributed by atoms with Crippen LogP contribution < -0.4 is 0 Å². The number of carboxylic acids is 1. The molecule has 1 aliphatic heterocycles. The third-order valence-corrected chi connectivity index (χ3v) is 5.53. The first kappa shape index (κ1) is 16.9. The zero-order chi connectivity index (χ0) is 17.4. The van der Waals surface area contributed by atoms with Crippen molar-refractivity contribution < 1.29 is 24.2 Å². The van der Waals surface area contributed by atoms with Gasteiger partial charge in [-0.15, -0.1) is 0 Å². The first-order valence-electron chi connectivity index (χ1n) is 8.39. The second kappa shape index (κ2) is 6.16. The molecule has 0 radical (unpaired) electrons. The predicted molar refractivity (Wildman–Crippen MR) is 84.9 cm³/mol. The van der Waals surface area contributed by atoms with Gasteiger partial charge in [0.15, 0.2) is 5.60 Å². The van der Waals surface area contributed by atoms with Gasteiger partial charge >= 0.3 is 5.97 Å². The van der Waals surface area contributed by atoms with Crippen LogP contribution in [0.25, 0.3) is 0 Å².